The molecule has 6 nitrogen and oxygen atoms in total. The minimum atomic E-state index is -0.503. The maximum atomic E-state index is 11.8. The molecule has 0 unspecified atom stereocenters. The third-order valence-electron chi connectivity index (χ3n) is 3.62. The Morgan fingerprint density at radius 2 is 1.64 bits per heavy atom. The van der Waals surface area contributed by atoms with Crippen molar-refractivity contribution in [3.63, 3.8) is 0 Å². The van der Waals surface area contributed by atoms with Crippen molar-refractivity contribution >= 4 is 11.7 Å². The van der Waals surface area contributed by atoms with Gasteiger partial charge in [-0.3, -0.25) is 14.9 Å². The molecule has 0 bridgehead atoms. The number of hydrogen-bond donors (Lipinski definition) is 0. The van der Waals surface area contributed by atoms with Gasteiger partial charge in [-0.15, -0.1) is 0 Å². The van der Waals surface area contributed by atoms with Gasteiger partial charge in [-0.05, 0) is 42.2 Å². The van der Waals surface area contributed by atoms with Crippen molar-refractivity contribution in [2.75, 3.05) is 6.61 Å². The number of rotatable bonds is 8. The van der Waals surface area contributed by atoms with Crippen LogP contribution in [0.1, 0.15) is 38.2 Å². The monoisotopic (exact) mass is 343 g/mol. The summed E-state index contributed by atoms with van der Waals surface area (Å²) in [6.45, 7) is 4.68. The molecule has 0 aromatic heterocycles. The molecule has 132 valence electrons. The van der Waals surface area contributed by atoms with Gasteiger partial charge in [0.2, 0.25) is 0 Å². The quantitative estimate of drug-likeness (QED) is 0.232. The number of carbonyl (C=O) groups excluding carboxylic acids is 1. The number of ether oxygens (including phenoxy) is 2. The highest BCUT2D eigenvalue weighted by Gasteiger charge is 2.08. The molecule has 2 aromatic carbocycles. The molecule has 0 atom stereocenters. The van der Waals surface area contributed by atoms with E-state index in [2.05, 4.69) is 13.8 Å². The van der Waals surface area contributed by atoms with Gasteiger partial charge in [0.1, 0.15) is 11.5 Å². The molecule has 0 saturated carbocycles. The van der Waals surface area contributed by atoms with Crippen LogP contribution in [0.25, 0.3) is 0 Å². The van der Waals surface area contributed by atoms with Crippen LogP contribution in [0.15, 0.2) is 48.5 Å². The van der Waals surface area contributed by atoms with E-state index in [0.29, 0.717) is 24.7 Å². The van der Waals surface area contributed by atoms with E-state index in [1.165, 1.54) is 29.8 Å². The van der Waals surface area contributed by atoms with E-state index in [1.807, 2.05) is 24.3 Å². The molecule has 0 N–H and O–H groups in total. The van der Waals surface area contributed by atoms with Crippen molar-refractivity contribution in [2.45, 2.75) is 32.6 Å². The predicted molar refractivity (Wildman–Crippen MR) is 94.0 cm³/mol. The third kappa shape index (κ3) is 5.91. The Kier molecular flexibility index (Phi) is 6.51. The van der Waals surface area contributed by atoms with Gasteiger partial charge >= 0.3 is 5.97 Å². The predicted octanol–water partition coefficient (Wildman–Crippen LogP) is 4.48. The van der Waals surface area contributed by atoms with Crippen LogP contribution in [0.2, 0.25) is 0 Å². The first-order chi connectivity index (χ1) is 12.0. The minimum Gasteiger partial charge on any atom is -0.494 e. The molecule has 0 spiro atoms. The van der Waals surface area contributed by atoms with E-state index in [1.54, 1.807) is 0 Å². The normalized spacial score (nSPS) is 10.5. The summed E-state index contributed by atoms with van der Waals surface area (Å²) in [6.07, 6.45) is 0.735. The minimum absolute atomic E-state index is 0.0447. The SMILES string of the molecule is CC(C)c1ccc(OCCCC(=O)Oc2ccc([N+](=O)[O-])cc2)cc1. The van der Waals surface area contributed by atoms with Crippen LogP contribution >= 0.6 is 0 Å². The Morgan fingerprint density at radius 3 is 2.20 bits per heavy atom. The zero-order valence-corrected chi connectivity index (χ0v) is 14.3. The Balaban J connectivity index is 1.70. The topological polar surface area (TPSA) is 78.7 Å². The first kappa shape index (κ1) is 18.4. The summed E-state index contributed by atoms with van der Waals surface area (Å²) in [6, 6.07) is 13.3. The molecule has 0 amide bonds. The van der Waals surface area contributed by atoms with Crippen molar-refractivity contribution in [3.8, 4) is 11.5 Å². The standard InChI is InChI=1S/C19H21NO5/c1-14(2)15-5-9-17(10-6-15)24-13-3-4-19(21)25-18-11-7-16(8-12-18)20(22)23/h5-12,14H,3-4,13H2,1-2H3. The lowest BCUT2D eigenvalue weighted by Gasteiger charge is -2.09. The van der Waals surface area contributed by atoms with Gasteiger partial charge in [0.05, 0.1) is 11.5 Å². The van der Waals surface area contributed by atoms with E-state index >= 15 is 0 Å². The Labute approximate surface area is 146 Å². The lowest BCUT2D eigenvalue weighted by Crippen LogP contribution is -2.10. The molecule has 2 rings (SSSR count). The Bertz CT molecular complexity index is 708. The molecule has 0 saturated heterocycles. The Morgan fingerprint density at radius 1 is 1.04 bits per heavy atom. The lowest BCUT2D eigenvalue weighted by atomic mass is 10.0. The second-order valence-corrected chi connectivity index (χ2v) is 5.90. The van der Waals surface area contributed by atoms with E-state index in [-0.39, 0.29) is 12.1 Å². The van der Waals surface area contributed by atoms with E-state index in [4.69, 9.17) is 9.47 Å². The molecule has 0 heterocycles. The number of hydrogen-bond acceptors (Lipinski definition) is 5. The summed E-state index contributed by atoms with van der Waals surface area (Å²) in [5.41, 5.74) is 1.20. The zero-order valence-electron chi connectivity index (χ0n) is 14.3. The second kappa shape index (κ2) is 8.82. The molecule has 0 radical (unpaired) electrons. The zero-order chi connectivity index (χ0) is 18.2. The lowest BCUT2D eigenvalue weighted by molar-refractivity contribution is -0.384. The third-order valence-corrected chi connectivity index (χ3v) is 3.62. The van der Waals surface area contributed by atoms with Crippen LogP contribution in [0.5, 0.6) is 11.5 Å². The average Bonchev–Trinajstić information content (AvgIpc) is 2.59. The van der Waals surface area contributed by atoms with Gasteiger partial charge in [-0.25, -0.2) is 0 Å². The van der Waals surface area contributed by atoms with Crippen molar-refractivity contribution in [1.29, 1.82) is 0 Å². The molecule has 0 aliphatic carbocycles. The highest BCUT2D eigenvalue weighted by atomic mass is 16.6. The smallest absolute Gasteiger partial charge is 0.311 e. The van der Waals surface area contributed by atoms with E-state index in [9.17, 15) is 14.9 Å². The average molecular weight is 343 g/mol. The van der Waals surface area contributed by atoms with Crippen LogP contribution in [-0.4, -0.2) is 17.5 Å². The second-order valence-electron chi connectivity index (χ2n) is 5.90. The number of nitrogens with zero attached hydrogens (tertiary/aromatic N) is 1. The van der Waals surface area contributed by atoms with Gasteiger partial charge in [0.25, 0.3) is 5.69 Å². The molecule has 0 aliphatic heterocycles. The summed E-state index contributed by atoms with van der Waals surface area (Å²) in [4.78, 5) is 21.8. The number of carbonyl (C=O) groups is 1. The van der Waals surface area contributed by atoms with Crippen molar-refractivity contribution in [1.82, 2.24) is 0 Å². The van der Waals surface area contributed by atoms with Gasteiger partial charge < -0.3 is 9.47 Å². The molecule has 2 aromatic rings. The fourth-order valence-corrected chi connectivity index (χ4v) is 2.17. The van der Waals surface area contributed by atoms with Crippen LogP contribution in [0, 0.1) is 10.1 Å². The maximum absolute atomic E-state index is 11.8. The molecule has 25 heavy (non-hydrogen) atoms. The number of nitro groups is 1. The van der Waals surface area contributed by atoms with Crippen LogP contribution in [-0.2, 0) is 4.79 Å². The molecule has 0 aliphatic rings. The number of non-ortho nitro benzene ring substituents is 1. The summed E-state index contributed by atoms with van der Waals surface area (Å²) in [5.74, 6) is 1.14. The van der Waals surface area contributed by atoms with Gasteiger partial charge in [-0.2, -0.15) is 0 Å². The first-order valence-corrected chi connectivity index (χ1v) is 8.13. The van der Waals surface area contributed by atoms with Gasteiger partial charge in [0, 0.05) is 18.6 Å². The highest BCUT2D eigenvalue weighted by molar-refractivity contribution is 5.72. The fourth-order valence-electron chi connectivity index (χ4n) is 2.17. The van der Waals surface area contributed by atoms with E-state index in [0.717, 1.165) is 5.75 Å². The first-order valence-electron chi connectivity index (χ1n) is 8.13. The van der Waals surface area contributed by atoms with E-state index < -0.39 is 10.9 Å². The van der Waals surface area contributed by atoms with Crippen molar-refractivity contribution < 1.29 is 19.2 Å². The molecular weight excluding hydrogens is 322 g/mol. The van der Waals surface area contributed by atoms with Gasteiger partial charge in [0.15, 0.2) is 0 Å². The highest BCUT2D eigenvalue weighted by Crippen LogP contribution is 2.19. The van der Waals surface area contributed by atoms with Crippen LogP contribution in [0.3, 0.4) is 0 Å². The van der Waals surface area contributed by atoms with Crippen molar-refractivity contribution in [3.05, 3.63) is 64.2 Å². The Hall–Kier alpha value is -2.89. The number of esters is 1. The summed E-state index contributed by atoms with van der Waals surface area (Å²) < 4.78 is 10.7. The fraction of sp³-hybridized carbons (Fsp3) is 0.316. The largest absolute Gasteiger partial charge is 0.494 e. The maximum Gasteiger partial charge on any atom is 0.311 e. The summed E-state index contributed by atoms with van der Waals surface area (Å²) >= 11 is 0. The number of benzene rings is 2. The van der Waals surface area contributed by atoms with Crippen LogP contribution in [0.4, 0.5) is 5.69 Å². The summed E-state index contributed by atoms with van der Waals surface area (Å²) in [5, 5.41) is 10.6. The van der Waals surface area contributed by atoms with Crippen LogP contribution < -0.4 is 9.47 Å². The summed E-state index contributed by atoms with van der Waals surface area (Å²) in [7, 11) is 0. The molecular formula is C19H21NO5. The number of nitro benzene ring substituents is 1. The molecule has 6 heteroatoms. The van der Waals surface area contributed by atoms with Gasteiger partial charge in [-0.1, -0.05) is 26.0 Å². The van der Waals surface area contributed by atoms with Crippen molar-refractivity contribution in [2.24, 2.45) is 0 Å². The molecule has 0 fully saturated rings.